The first-order valence-corrected chi connectivity index (χ1v) is 6.21. The summed E-state index contributed by atoms with van der Waals surface area (Å²) in [7, 11) is 0. The third kappa shape index (κ3) is 3.11. The van der Waals surface area contributed by atoms with E-state index in [4.69, 9.17) is 5.73 Å². The van der Waals surface area contributed by atoms with Crippen molar-refractivity contribution < 1.29 is 5.11 Å². The van der Waals surface area contributed by atoms with Crippen molar-refractivity contribution in [3.63, 3.8) is 0 Å². The molecule has 3 N–H and O–H groups in total. The third-order valence-electron chi connectivity index (χ3n) is 3.41. The summed E-state index contributed by atoms with van der Waals surface area (Å²) < 4.78 is 0. The Balaban J connectivity index is 1.91. The van der Waals surface area contributed by atoms with Gasteiger partial charge in [-0.05, 0) is 24.2 Å². The van der Waals surface area contributed by atoms with E-state index in [9.17, 15) is 5.11 Å². The molecule has 1 saturated heterocycles. The largest absolute Gasteiger partial charge is 0.506 e. The summed E-state index contributed by atoms with van der Waals surface area (Å²) in [5, 5.41) is 9.37. The molecule has 1 aromatic rings. The van der Waals surface area contributed by atoms with Gasteiger partial charge in [0.1, 0.15) is 5.75 Å². The lowest BCUT2D eigenvalue weighted by molar-refractivity contribution is 0.132. The van der Waals surface area contributed by atoms with Crippen LogP contribution in [0.5, 0.6) is 5.75 Å². The number of rotatable bonds is 3. The van der Waals surface area contributed by atoms with Crippen molar-refractivity contribution in [1.82, 2.24) is 9.80 Å². The number of anilines is 1. The maximum atomic E-state index is 9.37. The topological polar surface area (TPSA) is 52.7 Å². The maximum absolute atomic E-state index is 9.37. The lowest BCUT2D eigenvalue weighted by atomic mass is 10.1. The van der Waals surface area contributed by atoms with Gasteiger partial charge in [-0.25, -0.2) is 0 Å². The van der Waals surface area contributed by atoms with Crippen LogP contribution in [0, 0.1) is 0 Å². The van der Waals surface area contributed by atoms with Gasteiger partial charge in [0.05, 0.1) is 5.69 Å². The molecule has 1 aliphatic rings. The maximum Gasteiger partial charge on any atom is 0.138 e. The molecule has 17 heavy (non-hydrogen) atoms. The van der Waals surface area contributed by atoms with Crippen LogP contribution in [0.1, 0.15) is 12.5 Å². The quantitative estimate of drug-likeness (QED) is 0.609. The SMILES string of the molecule is CCN1CCN(Cc2ccc(O)c(N)c2)CC1. The van der Waals surface area contributed by atoms with Crippen LogP contribution in [0.15, 0.2) is 18.2 Å². The van der Waals surface area contributed by atoms with E-state index in [2.05, 4.69) is 16.7 Å². The second kappa shape index (κ2) is 5.38. The fraction of sp³-hybridized carbons (Fsp3) is 0.538. The van der Waals surface area contributed by atoms with Crippen LogP contribution in [0.4, 0.5) is 5.69 Å². The first-order valence-electron chi connectivity index (χ1n) is 6.21. The van der Waals surface area contributed by atoms with Gasteiger partial charge in [0.15, 0.2) is 0 Å². The van der Waals surface area contributed by atoms with Crippen LogP contribution >= 0.6 is 0 Å². The summed E-state index contributed by atoms with van der Waals surface area (Å²) in [5.74, 6) is 0.171. The average molecular weight is 235 g/mol. The first kappa shape index (κ1) is 12.2. The molecule has 0 amide bonds. The van der Waals surface area contributed by atoms with E-state index in [1.165, 1.54) is 5.56 Å². The molecule has 0 spiro atoms. The molecule has 94 valence electrons. The second-order valence-electron chi connectivity index (χ2n) is 4.60. The van der Waals surface area contributed by atoms with Gasteiger partial charge in [-0.1, -0.05) is 13.0 Å². The highest BCUT2D eigenvalue weighted by molar-refractivity contribution is 5.53. The molecule has 4 heteroatoms. The highest BCUT2D eigenvalue weighted by Gasteiger charge is 2.15. The highest BCUT2D eigenvalue weighted by Crippen LogP contribution is 2.21. The zero-order chi connectivity index (χ0) is 12.3. The summed E-state index contributed by atoms with van der Waals surface area (Å²) in [6, 6.07) is 5.48. The van der Waals surface area contributed by atoms with Crippen LogP contribution in [-0.4, -0.2) is 47.6 Å². The van der Waals surface area contributed by atoms with E-state index in [1.807, 2.05) is 12.1 Å². The molecule has 0 unspecified atom stereocenters. The predicted molar refractivity (Wildman–Crippen MR) is 69.9 cm³/mol. The molecule has 1 aromatic carbocycles. The number of likely N-dealkylation sites (N-methyl/N-ethyl adjacent to an activating group) is 1. The zero-order valence-corrected chi connectivity index (χ0v) is 10.4. The number of aromatic hydroxyl groups is 1. The standard InChI is InChI=1S/C13H21N3O/c1-2-15-5-7-16(8-6-15)10-11-3-4-13(17)12(14)9-11/h3-4,9,17H,2,5-8,10,14H2,1H3. The van der Waals surface area contributed by atoms with Crippen LogP contribution in [0.2, 0.25) is 0 Å². The van der Waals surface area contributed by atoms with Crippen molar-refractivity contribution in [1.29, 1.82) is 0 Å². The van der Waals surface area contributed by atoms with Crippen molar-refractivity contribution >= 4 is 5.69 Å². The van der Waals surface area contributed by atoms with Crippen LogP contribution in [0.3, 0.4) is 0 Å². The lowest BCUT2D eigenvalue weighted by Crippen LogP contribution is -2.45. The van der Waals surface area contributed by atoms with E-state index < -0.39 is 0 Å². The second-order valence-corrected chi connectivity index (χ2v) is 4.60. The molecule has 1 fully saturated rings. The minimum absolute atomic E-state index is 0.171. The Morgan fingerprint density at radius 2 is 1.82 bits per heavy atom. The normalized spacial score (nSPS) is 18.4. The van der Waals surface area contributed by atoms with Gasteiger partial charge in [-0.3, -0.25) is 4.90 Å². The number of hydrogen-bond donors (Lipinski definition) is 2. The van der Waals surface area contributed by atoms with Crippen LogP contribution < -0.4 is 5.73 Å². The molecule has 4 nitrogen and oxygen atoms in total. The number of nitrogen functional groups attached to an aromatic ring is 1. The number of piperazine rings is 1. The molecule has 1 heterocycles. The minimum Gasteiger partial charge on any atom is -0.506 e. The summed E-state index contributed by atoms with van der Waals surface area (Å²) in [6.45, 7) is 8.76. The third-order valence-corrected chi connectivity index (χ3v) is 3.41. The number of hydrogen-bond acceptors (Lipinski definition) is 4. The van der Waals surface area contributed by atoms with Gasteiger partial charge >= 0.3 is 0 Å². The van der Waals surface area contributed by atoms with Crippen molar-refractivity contribution in [2.45, 2.75) is 13.5 Å². The fourth-order valence-electron chi connectivity index (χ4n) is 2.22. The molecular weight excluding hydrogens is 214 g/mol. The molecule has 0 saturated carbocycles. The van der Waals surface area contributed by atoms with Crippen molar-refractivity contribution in [3.8, 4) is 5.75 Å². The molecule has 0 aromatic heterocycles. The smallest absolute Gasteiger partial charge is 0.138 e. The van der Waals surface area contributed by atoms with E-state index in [-0.39, 0.29) is 5.75 Å². The van der Waals surface area contributed by atoms with Crippen LogP contribution in [0.25, 0.3) is 0 Å². The number of phenols is 1. The van der Waals surface area contributed by atoms with E-state index >= 15 is 0 Å². The Hall–Kier alpha value is -1.26. The molecule has 0 bridgehead atoms. The van der Waals surface area contributed by atoms with Gasteiger partial charge in [0.25, 0.3) is 0 Å². The number of phenolic OH excluding ortho intramolecular Hbond substituents is 1. The predicted octanol–water partition coefficient (Wildman–Crippen LogP) is 1.11. The van der Waals surface area contributed by atoms with E-state index in [1.54, 1.807) is 6.07 Å². The summed E-state index contributed by atoms with van der Waals surface area (Å²) in [5.41, 5.74) is 7.33. The van der Waals surface area contributed by atoms with Crippen LogP contribution in [-0.2, 0) is 6.54 Å². The van der Waals surface area contributed by atoms with Gasteiger partial charge in [-0.15, -0.1) is 0 Å². The highest BCUT2D eigenvalue weighted by atomic mass is 16.3. The van der Waals surface area contributed by atoms with Crippen molar-refractivity contribution in [3.05, 3.63) is 23.8 Å². The molecule has 0 aliphatic carbocycles. The minimum atomic E-state index is 0.171. The Morgan fingerprint density at radius 3 is 2.41 bits per heavy atom. The number of benzene rings is 1. The molecule has 1 aliphatic heterocycles. The summed E-state index contributed by atoms with van der Waals surface area (Å²) >= 11 is 0. The molecule has 2 rings (SSSR count). The van der Waals surface area contributed by atoms with E-state index in [0.717, 1.165) is 39.3 Å². The Labute approximate surface area is 103 Å². The van der Waals surface area contributed by atoms with Gasteiger partial charge in [0, 0.05) is 32.7 Å². The molecule has 0 atom stereocenters. The summed E-state index contributed by atoms with van der Waals surface area (Å²) in [6.07, 6.45) is 0. The lowest BCUT2D eigenvalue weighted by Gasteiger charge is -2.34. The zero-order valence-electron chi connectivity index (χ0n) is 10.4. The van der Waals surface area contributed by atoms with Gasteiger partial charge in [-0.2, -0.15) is 0 Å². The monoisotopic (exact) mass is 235 g/mol. The first-order chi connectivity index (χ1) is 8.19. The Bertz CT molecular complexity index is 373. The van der Waals surface area contributed by atoms with E-state index in [0.29, 0.717) is 5.69 Å². The molecular formula is C13H21N3O. The molecule has 0 radical (unpaired) electrons. The summed E-state index contributed by atoms with van der Waals surface area (Å²) in [4.78, 5) is 4.89. The van der Waals surface area contributed by atoms with Crippen molar-refractivity contribution in [2.24, 2.45) is 0 Å². The Kier molecular flexibility index (Phi) is 3.86. The van der Waals surface area contributed by atoms with Gasteiger partial charge in [0.2, 0.25) is 0 Å². The fourth-order valence-corrected chi connectivity index (χ4v) is 2.22. The Morgan fingerprint density at radius 1 is 1.18 bits per heavy atom. The van der Waals surface area contributed by atoms with Gasteiger partial charge < -0.3 is 15.7 Å². The number of nitrogens with two attached hydrogens (primary N) is 1. The average Bonchev–Trinajstić information content (AvgIpc) is 2.35. The number of nitrogens with zero attached hydrogens (tertiary/aromatic N) is 2. The van der Waals surface area contributed by atoms with Crippen molar-refractivity contribution in [2.75, 3.05) is 38.5 Å².